The van der Waals surface area contributed by atoms with E-state index < -0.39 is 24.1 Å². The second-order valence-electron chi connectivity index (χ2n) is 6.35. The van der Waals surface area contributed by atoms with Gasteiger partial charge in [0.1, 0.15) is 18.8 Å². The van der Waals surface area contributed by atoms with Crippen LogP contribution in [-0.2, 0) is 4.74 Å². The van der Waals surface area contributed by atoms with E-state index in [4.69, 9.17) is 30.9 Å². The summed E-state index contributed by atoms with van der Waals surface area (Å²) >= 11 is 7.09. The summed E-state index contributed by atoms with van der Waals surface area (Å²) in [6, 6.07) is 2.89. The maximum Gasteiger partial charge on any atom is 0.412 e. The molecule has 0 saturated heterocycles. The molecular weight excluding hydrogens is 439 g/mol. The quantitative estimate of drug-likeness (QED) is 0.558. The van der Waals surface area contributed by atoms with Crippen LogP contribution in [0.15, 0.2) is 24.5 Å². The summed E-state index contributed by atoms with van der Waals surface area (Å²) in [5.41, 5.74) is 0.775. The highest BCUT2D eigenvalue weighted by Crippen LogP contribution is 2.34. The average molecular weight is 455 g/mol. The first-order valence-electron chi connectivity index (χ1n) is 8.97. The van der Waals surface area contributed by atoms with Crippen molar-refractivity contribution in [2.75, 3.05) is 18.5 Å². The van der Waals surface area contributed by atoms with E-state index in [9.17, 15) is 9.18 Å². The van der Waals surface area contributed by atoms with E-state index in [-0.39, 0.29) is 25.0 Å². The molecule has 158 valence electrons. The lowest BCUT2D eigenvalue weighted by atomic mass is 9.92. The normalized spacial score (nSPS) is 18.0. The van der Waals surface area contributed by atoms with E-state index in [1.165, 1.54) is 29.8 Å². The first-order valence-corrected chi connectivity index (χ1v) is 10.2. The maximum absolute atomic E-state index is 14.3. The lowest BCUT2D eigenvalue weighted by molar-refractivity contribution is -0.0431. The number of nitrogens with one attached hydrogen (secondary N) is 1. The van der Waals surface area contributed by atoms with Gasteiger partial charge in [-0.3, -0.25) is 5.32 Å². The lowest BCUT2D eigenvalue weighted by Crippen LogP contribution is -2.45. The van der Waals surface area contributed by atoms with Gasteiger partial charge in [0.25, 0.3) is 0 Å². The zero-order valence-corrected chi connectivity index (χ0v) is 17.0. The molecule has 0 bridgehead atoms. The van der Waals surface area contributed by atoms with Gasteiger partial charge in [-0.2, -0.15) is 0 Å². The molecule has 1 amide bonds. The molecule has 1 aliphatic rings. The number of hydrogen-bond acceptors (Lipinski definition) is 9. The fraction of sp³-hybridized carbons (Fsp3) is 0.333. The first-order chi connectivity index (χ1) is 14.5. The van der Waals surface area contributed by atoms with Gasteiger partial charge in [0.05, 0.1) is 34.9 Å². The highest BCUT2D eigenvalue weighted by molar-refractivity contribution is 7.22. The van der Waals surface area contributed by atoms with Crippen molar-refractivity contribution in [2.24, 2.45) is 0 Å². The van der Waals surface area contributed by atoms with Crippen molar-refractivity contribution in [3.63, 3.8) is 0 Å². The van der Waals surface area contributed by atoms with Crippen molar-refractivity contribution < 1.29 is 28.5 Å². The van der Waals surface area contributed by atoms with Gasteiger partial charge in [-0.1, -0.05) is 11.6 Å². The molecule has 2 aromatic heterocycles. The molecule has 2 heterocycles. The Morgan fingerprint density at radius 3 is 2.77 bits per heavy atom. The van der Waals surface area contributed by atoms with Crippen LogP contribution >= 0.6 is 22.9 Å². The molecule has 9 nitrogen and oxygen atoms in total. The van der Waals surface area contributed by atoms with Gasteiger partial charge in [0, 0.05) is 12.1 Å². The summed E-state index contributed by atoms with van der Waals surface area (Å²) in [6.07, 6.45) is 2.24. The van der Waals surface area contributed by atoms with Crippen LogP contribution in [0.5, 0.6) is 11.8 Å². The molecule has 1 aromatic carbocycles. The Balaban J connectivity index is 1.32. The molecule has 4 rings (SSSR count). The molecule has 0 aliphatic heterocycles. The Bertz CT molecular complexity index is 1050. The number of ether oxygens (including phenoxy) is 3. The van der Waals surface area contributed by atoms with Crippen LogP contribution in [0.2, 0.25) is 4.47 Å². The maximum atomic E-state index is 14.3. The molecule has 2 N–H and O–H groups in total. The van der Waals surface area contributed by atoms with E-state index in [0.717, 1.165) is 0 Å². The number of aliphatic hydroxyl groups excluding tert-OH is 1. The number of amides is 1. The molecule has 1 fully saturated rings. The predicted molar refractivity (Wildman–Crippen MR) is 107 cm³/mol. The number of nitrogens with zero attached hydrogens (tertiary/aromatic N) is 3. The summed E-state index contributed by atoms with van der Waals surface area (Å²) in [7, 11) is 0. The number of thiazole rings is 1. The van der Waals surface area contributed by atoms with Crippen molar-refractivity contribution in [3.8, 4) is 11.8 Å². The van der Waals surface area contributed by atoms with E-state index in [0.29, 0.717) is 33.2 Å². The van der Waals surface area contributed by atoms with Crippen LogP contribution in [0.1, 0.15) is 12.8 Å². The molecule has 1 saturated carbocycles. The molecule has 3 aromatic rings. The van der Waals surface area contributed by atoms with Crippen LogP contribution in [0.25, 0.3) is 10.2 Å². The highest BCUT2D eigenvalue weighted by atomic mass is 35.5. The topological polar surface area (TPSA) is 116 Å². The number of aliphatic hydroxyl groups is 1. The number of hydrogen-bond donors (Lipinski definition) is 2. The number of rotatable bonds is 7. The van der Waals surface area contributed by atoms with Crippen molar-refractivity contribution >= 4 is 44.9 Å². The van der Waals surface area contributed by atoms with Gasteiger partial charge in [0.2, 0.25) is 0 Å². The van der Waals surface area contributed by atoms with Crippen LogP contribution in [0.3, 0.4) is 0 Å². The van der Waals surface area contributed by atoms with E-state index in [1.54, 1.807) is 6.07 Å². The second-order valence-corrected chi connectivity index (χ2v) is 7.96. The monoisotopic (exact) mass is 454 g/mol. The van der Waals surface area contributed by atoms with E-state index in [2.05, 4.69) is 20.3 Å². The molecule has 12 heteroatoms. The molecule has 0 spiro atoms. The smallest absolute Gasteiger partial charge is 0.412 e. The third kappa shape index (κ3) is 4.69. The zero-order chi connectivity index (χ0) is 21.1. The van der Waals surface area contributed by atoms with Gasteiger partial charge in [-0.25, -0.2) is 24.1 Å². The zero-order valence-electron chi connectivity index (χ0n) is 15.4. The van der Waals surface area contributed by atoms with E-state index >= 15 is 0 Å². The van der Waals surface area contributed by atoms with Crippen LogP contribution in [0.4, 0.5) is 14.9 Å². The van der Waals surface area contributed by atoms with Crippen molar-refractivity contribution in [3.05, 3.63) is 34.8 Å². The molecule has 1 aliphatic carbocycles. The van der Waals surface area contributed by atoms with E-state index in [1.807, 2.05) is 0 Å². The Hall–Kier alpha value is -2.76. The number of carbonyl (C=O) groups is 1. The molecule has 1 unspecified atom stereocenters. The fourth-order valence-corrected chi connectivity index (χ4v) is 3.78. The molecule has 30 heavy (non-hydrogen) atoms. The number of halogens is 2. The van der Waals surface area contributed by atoms with Crippen LogP contribution in [0, 0.1) is 5.82 Å². The Kier molecular flexibility index (Phi) is 6.11. The number of carbonyl (C=O) groups excluding carboxylic acids is 1. The Morgan fingerprint density at radius 2 is 2.07 bits per heavy atom. The van der Waals surface area contributed by atoms with Crippen LogP contribution < -0.4 is 14.8 Å². The number of benzene rings is 1. The number of fused-ring (bicyclic) bond motifs is 1. The number of anilines is 1. The van der Waals surface area contributed by atoms with Gasteiger partial charge >= 0.3 is 12.1 Å². The Labute approximate surface area is 178 Å². The largest absolute Gasteiger partial charge is 0.483 e. The van der Waals surface area contributed by atoms with Gasteiger partial charge < -0.3 is 19.3 Å². The summed E-state index contributed by atoms with van der Waals surface area (Å²) < 4.78 is 31.4. The second kappa shape index (κ2) is 8.94. The van der Waals surface area contributed by atoms with Gasteiger partial charge in [0.15, 0.2) is 16.0 Å². The summed E-state index contributed by atoms with van der Waals surface area (Å²) in [6.45, 7) is -0.0858. The molecule has 2 atom stereocenters. The summed E-state index contributed by atoms with van der Waals surface area (Å²) in [5.74, 6) is -0.492. The van der Waals surface area contributed by atoms with Gasteiger partial charge in [-0.05, 0) is 12.8 Å². The third-order valence-corrected chi connectivity index (χ3v) is 5.42. The molecule has 0 radical (unpaired) electrons. The average Bonchev–Trinajstić information content (AvgIpc) is 3.07. The minimum atomic E-state index is -0.703. The van der Waals surface area contributed by atoms with Crippen LogP contribution in [-0.4, -0.2) is 51.6 Å². The SMILES string of the molecule is O=C(Nc1cnc(OCCO)nc1)OC1CC[C@H]1Oc1cc2sc(Cl)nc2cc1F. The standard InChI is InChI=1S/C18H16ClFN4O5S/c19-16-24-11-5-10(20)14(6-15(11)30-16)28-12-1-2-13(12)29-18(26)23-9-7-21-17(22-8-9)27-4-3-25/h5-8,12-13,25H,1-4H2,(H,23,26)/t12-,13?/m1/s1. The Morgan fingerprint density at radius 1 is 1.30 bits per heavy atom. The fourth-order valence-electron chi connectivity index (χ4n) is 2.74. The highest BCUT2D eigenvalue weighted by Gasteiger charge is 2.37. The third-order valence-electron chi connectivity index (χ3n) is 4.30. The summed E-state index contributed by atoms with van der Waals surface area (Å²) in [4.78, 5) is 23.9. The summed E-state index contributed by atoms with van der Waals surface area (Å²) in [5, 5.41) is 11.2. The first kappa shape index (κ1) is 20.5. The van der Waals surface area contributed by atoms with Crippen molar-refractivity contribution in [1.82, 2.24) is 15.0 Å². The number of aromatic nitrogens is 3. The minimum absolute atomic E-state index is 0.0633. The van der Waals surface area contributed by atoms with Crippen molar-refractivity contribution in [1.29, 1.82) is 0 Å². The van der Waals surface area contributed by atoms with Crippen molar-refractivity contribution in [2.45, 2.75) is 25.0 Å². The lowest BCUT2D eigenvalue weighted by Gasteiger charge is -2.35. The molecular formula is C18H16ClFN4O5S. The van der Waals surface area contributed by atoms with Gasteiger partial charge in [-0.15, -0.1) is 11.3 Å². The predicted octanol–water partition coefficient (Wildman–Crippen LogP) is 3.41. The minimum Gasteiger partial charge on any atom is -0.483 e.